The van der Waals surface area contributed by atoms with Crippen molar-refractivity contribution >= 4 is 27.6 Å². The van der Waals surface area contributed by atoms with Crippen LogP contribution in [0, 0.1) is 0 Å². The van der Waals surface area contributed by atoms with Crippen molar-refractivity contribution in [3.63, 3.8) is 0 Å². The zero-order valence-corrected chi connectivity index (χ0v) is 41.4. The molecule has 1 aliphatic heterocycles. The second-order valence-corrected chi connectivity index (χ2v) is 20.2. The zero-order valence-electron chi connectivity index (χ0n) is 39.6. The molecule has 0 aromatic heterocycles. The number of epoxide rings is 1. The summed E-state index contributed by atoms with van der Waals surface area (Å²) in [4.78, 5) is 54.4. The van der Waals surface area contributed by atoms with Crippen LogP contribution in [-0.4, -0.2) is 115 Å². The lowest BCUT2D eigenvalue weighted by Gasteiger charge is -2.43. The van der Waals surface area contributed by atoms with Crippen molar-refractivity contribution in [2.75, 3.05) is 13.2 Å². The summed E-state index contributed by atoms with van der Waals surface area (Å²) < 4.78 is 55.2. The van der Waals surface area contributed by atoms with E-state index < -0.39 is 83.5 Å². The Morgan fingerprint density at radius 3 is 1.64 bits per heavy atom. The standard InChI is InChI=1S/C47H84O17P2/c1-3-5-7-9-11-13-15-17-18-19-21-23-25-27-29-33-41(49)61-37(36-60-66(57,58)64-47-44(52)42(50)43(51)46(45(47)53)63-65(54,55)56)35-59-40(48)34-30-32-39-38(62-39)31-28-26-24-22-20-16-14-12-10-8-6-4-2/h12,14,20,22,26,28,37-39,42-47,50-53H,3-11,13,15-19,21,23-25,27,29-36H2,1-2H3,(H,57,58)(H2,54,55,56)/b14-12-,22-20-,28-26-/t37-,38?,39?,42?,43?,44?,45?,46-,47+/m1/s1. The minimum atomic E-state index is -5.37. The summed E-state index contributed by atoms with van der Waals surface area (Å²) in [5, 5.41) is 41.3. The molecule has 0 radical (unpaired) electrons. The summed E-state index contributed by atoms with van der Waals surface area (Å²) in [6.45, 7) is 3.03. The van der Waals surface area contributed by atoms with E-state index in [1.807, 2.05) is 0 Å². The SMILES string of the molecule is CCCCC/C=C\C/C=C\C/C=C\CC1OC1CCCC(=O)OC[C@H](COP(=O)(O)O[C@H]1C(O)C(O)C(O)[C@@H](OP(=O)(O)O)C1O)OC(=O)CCCCCCCCCCCCCCCCC. The van der Waals surface area contributed by atoms with Crippen molar-refractivity contribution < 1.29 is 81.6 Å². The highest BCUT2D eigenvalue weighted by molar-refractivity contribution is 7.47. The van der Waals surface area contributed by atoms with E-state index in [0.29, 0.717) is 19.3 Å². The molecule has 7 N–H and O–H groups in total. The number of allylic oxidation sites excluding steroid dienone is 5. The van der Waals surface area contributed by atoms with Gasteiger partial charge in [-0.05, 0) is 51.4 Å². The van der Waals surface area contributed by atoms with Crippen molar-refractivity contribution in [1.82, 2.24) is 0 Å². The van der Waals surface area contributed by atoms with Crippen molar-refractivity contribution in [2.24, 2.45) is 0 Å². The number of aliphatic hydroxyl groups is 4. The van der Waals surface area contributed by atoms with Crippen LogP contribution in [0.25, 0.3) is 0 Å². The maximum absolute atomic E-state index is 13.0. The number of phosphoric ester groups is 2. The van der Waals surface area contributed by atoms with Crippen LogP contribution in [0.4, 0.5) is 0 Å². The van der Waals surface area contributed by atoms with Crippen molar-refractivity contribution in [3.8, 4) is 0 Å². The third-order valence-corrected chi connectivity index (χ3v) is 13.1. The van der Waals surface area contributed by atoms with Gasteiger partial charge in [0.1, 0.15) is 43.2 Å². The number of carbonyl (C=O) groups is 2. The number of rotatable bonds is 40. The normalized spacial score (nSPS) is 24.9. The highest BCUT2D eigenvalue weighted by Crippen LogP contribution is 2.49. The van der Waals surface area contributed by atoms with Gasteiger partial charge < -0.3 is 49.3 Å². The first-order valence-electron chi connectivity index (χ1n) is 24.7. The van der Waals surface area contributed by atoms with Gasteiger partial charge in [0.25, 0.3) is 0 Å². The molecule has 1 saturated carbocycles. The molecule has 0 aromatic rings. The van der Waals surface area contributed by atoms with Crippen molar-refractivity contribution in [3.05, 3.63) is 36.5 Å². The van der Waals surface area contributed by atoms with Gasteiger partial charge in [-0.1, -0.05) is 153 Å². The molecule has 0 aromatic carbocycles. The van der Waals surface area contributed by atoms with Crippen LogP contribution in [-0.2, 0) is 46.5 Å². The first kappa shape index (κ1) is 60.3. The van der Waals surface area contributed by atoms with E-state index in [2.05, 4.69) is 54.8 Å². The van der Waals surface area contributed by atoms with Gasteiger partial charge in [-0.15, -0.1) is 0 Å². The van der Waals surface area contributed by atoms with Crippen molar-refractivity contribution in [2.45, 2.75) is 236 Å². The number of hydrogen-bond donors (Lipinski definition) is 7. The molecule has 7 unspecified atom stereocenters. The molecule has 2 rings (SSSR count). The topological polar surface area (TPSA) is 269 Å². The van der Waals surface area contributed by atoms with Gasteiger partial charge in [0.2, 0.25) is 0 Å². The van der Waals surface area contributed by atoms with Gasteiger partial charge in [0, 0.05) is 12.8 Å². The number of hydrogen-bond acceptors (Lipinski definition) is 14. The molecule has 17 nitrogen and oxygen atoms in total. The van der Waals surface area contributed by atoms with Gasteiger partial charge in [-0.2, -0.15) is 0 Å². The molecule has 2 fully saturated rings. The summed E-state index contributed by atoms with van der Waals surface area (Å²) in [6, 6.07) is 0. The highest BCUT2D eigenvalue weighted by atomic mass is 31.2. The quantitative estimate of drug-likeness (QED) is 0.00997. The maximum Gasteiger partial charge on any atom is 0.472 e. The van der Waals surface area contributed by atoms with Crippen LogP contribution in [0.15, 0.2) is 36.5 Å². The second kappa shape index (κ2) is 35.3. The van der Waals surface area contributed by atoms with E-state index in [4.69, 9.17) is 23.3 Å². The summed E-state index contributed by atoms with van der Waals surface area (Å²) in [6.07, 6.45) is 24.0. The highest BCUT2D eigenvalue weighted by Gasteiger charge is 2.54. The molecular formula is C47H84O17P2. The lowest BCUT2D eigenvalue weighted by Crippen LogP contribution is -2.64. The molecule has 66 heavy (non-hydrogen) atoms. The number of unbranched alkanes of at least 4 members (excludes halogenated alkanes) is 17. The van der Waals surface area contributed by atoms with E-state index in [1.54, 1.807) is 0 Å². The molecule has 0 amide bonds. The largest absolute Gasteiger partial charge is 0.472 e. The molecule has 10 atom stereocenters. The average Bonchev–Trinajstić information content (AvgIpc) is 4.03. The minimum Gasteiger partial charge on any atom is -0.462 e. The number of aliphatic hydroxyl groups excluding tert-OH is 4. The van der Waals surface area contributed by atoms with E-state index in [-0.39, 0.29) is 25.0 Å². The predicted octanol–water partition coefficient (Wildman–Crippen LogP) is 8.50. The lowest BCUT2D eigenvalue weighted by molar-refractivity contribution is -0.216. The lowest BCUT2D eigenvalue weighted by atomic mass is 9.85. The zero-order chi connectivity index (χ0) is 48.6. The Kier molecular flexibility index (Phi) is 32.3. The molecule has 0 bridgehead atoms. The molecule has 384 valence electrons. The molecule has 1 saturated heterocycles. The average molecular weight is 983 g/mol. The summed E-state index contributed by atoms with van der Waals surface area (Å²) in [5.41, 5.74) is 0. The minimum absolute atomic E-state index is 0.0283. The first-order chi connectivity index (χ1) is 31.6. The molecule has 1 heterocycles. The van der Waals surface area contributed by atoms with Crippen LogP contribution in [0.3, 0.4) is 0 Å². The monoisotopic (exact) mass is 983 g/mol. The summed E-state index contributed by atoms with van der Waals surface area (Å²) in [7, 11) is -10.7. The van der Waals surface area contributed by atoms with Crippen molar-refractivity contribution in [1.29, 1.82) is 0 Å². The van der Waals surface area contributed by atoms with Gasteiger partial charge in [0.05, 0.1) is 18.8 Å². The van der Waals surface area contributed by atoms with E-state index in [0.717, 1.165) is 51.4 Å². The fraction of sp³-hybridized carbons (Fsp3) is 0.830. The number of ether oxygens (including phenoxy) is 3. The molecular weight excluding hydrogens is 898 g/mol. The van der Waals surface area contributed by atoms with Gasteiger partial charge >= 0.3 is 27.6 Å². The predicted molar refractivity (Wildman–Crippen MR) is 250 cm³/mol. The third kappa shape index (κ3) is 28.6. The molecule has 19 heteroatoms. The maximum atomic E-state index is 13.0. The third-order valence-electron chi connectivity index (χ3n) is 11.6. The molecule has 1 aliphatic carbocycles. The fourth-order valence-corrected chi connectivity index (χ4v) is 9.24. The van der Waals surface area contributed by atoms with E-state index >= 15 is 0 Å². The Labute approximate surface area is 393 Å². The Morgan fingerprint density at radius 2 is 1.06 bits per heavy atom. The molecule has 2 aliphatic rings. The second-order valence-electron chi connectivity index (χ2n) is 17.6. The van der Waals surface area contributed by atoms with E-state index in [1.165, 1.54) is 83.5 Å². The number of carbonyl (C=O) groups excluding carboxylic acids is 2. The number of phosphoric acid groups is 2. The number of esters is 2. The molecule has 0 spiro atoms. The van der Waals surface area contributed by atoms with Gasteiger partial charge in [-0.25, -0.2) is 9.13 Å². The van der Waals surface area contributed by atoms with Crippen LogP contribution in [0.2, 0.25) is 0 Å². The summed E-state index contributed by atoms with van der Waals surface area (Å²) in [5.74, 6) is -1.28. The fourth-order valence-electron chi connectivity index (χ4n) is 7.70. The Hall–Kier alpha value is -1.82. The van der Waals surface area contributed by atoms with Crippen LogP contribution >= 0.6 is 15.6 Å². The Balaban J connectivity index is 1.81. The van der Waals surface area contributed by atoms with Gasteiger partial charge in [0.15, 0.2) is 6.10 Å². The smallest absolute Gasteiger partial charge is 0.462 e. The Morgan fingerprint density at radius 1 is 0.561 bits per heavy atom. The van der Waals surface area contributed by atoms with E-state index in [9.17, 15) is 53.8 Å². The van der Waals surface area contributed by atoms with Crippen LogP contribution in [0.1, 0.15) is 181 Å². The first-order valence-corrected chi connectivity index (χ1v) is 27.7. The summed E-state index contributed by atoms with van der Waals surface area (Å²) >= 11 is 0. The van der Waals surface area contributed by atoms with Crippen LogP contribution in [0.5, 0.6) is 0 Å². The van der Waals surface area contributed by atoms with Gasteiger partial charge in [-0.3, -0.25) is 23.2 Å². The Bertz CT molecular complexity index is 1490. The van der Waals surface area contributed by atoms with Crippen LogP contribution < -0.4 is 0 Å².